The molecule has 0 atom stereocenters. The molecule has 0 N–H and O–H groups in total. The van der Waals surface area contributed by atoms with Crippen LogP contribution in [0, 0.1) is 0 Å². The van der Waals surface area contributed by atoms with Gasteiger partial charge in [-0.15, -0.1) is 11.3 Å². The maximum absolute atomic E-state index is 5.57. The van der Waals surface area contributed by atoms with Crippen LogP contribution in [0.25, 0.3) is 148 Å². The minimum absolute atomic E-state index is 0.705. The maximum Gasteiger partial charge on any atom is 0.160 e. The highest BCUT2D eigenvalue weighted by atomic mass is 32.1. The molecule has 11 aromatic carbocycles. The third kappa shape index (κ3) is 6.38. The summed E-state index contributed by atoms with van der Waals surface area (Å²) in [5.74, 6) is 0.705. The fourth-order valence-corrected chi connectivity index (χ4v) is 13.3. The minimum Gasteiger partial charge on any atom is -0.309 e. The van der Waals surface area contributed by atoms with Gasteiger partial charge in [0.25, 0.3) is 0 Å². The summed E-state index contributed by atoms with van der Waals surface area (Å²) >= 11 is 1.77. The first-order chi connectivity index (χ1) is 37.7. The van der Waals surface area contributed by atoms with Gasteiger partial charge in [-0.2, -0.15) is 0 Å². The molecule has 0 aliphatic carbocycles. The molecule has 0 bridgehead atoms. The van der Waals surface area contributed by atoms with E-state index in [-0.39, 0.29) is 0 Å². The van der Waals surface area contributed by atoms with Crippen molar-refractivity contribution in [3.8, 4) is 62.0 Å². The van der Waals surface area contributed by atoms with Gasteiger partial charge in [0.1, 0.15) is 0 Å². The highest BCUT2D eigenvalue weighted by molar-refractivity contribution is 7.26. The fraction of sp³-hybridized carbons (Fsp3) is 0. The summed E-state index contributed by atoms with van der Waals surface area (Å²) in [4.78, 5) is 10.9. The van der Waals surface area contributed by atoms with E-state index in [0.29, 0.717) is 5.82 Å². The van der Waals surface area contributed by atoms with Gasteiger partial charge in [0.05, 0.1) is 54.7 Å². The summed E-state index contributed by atoms with van der Waals surface area (Å²) in [5.41, 5.74) is 18.6. The summed E-state index contributed by atoms with van der Waals surface area (Å²) in [6.07, 6.45) is 0. The van der Waals surface area contributed by atoms with Gasteiger partial charge >= 0.3 is 0 Å². The Morgan fingerprint density at radius 1 is 0.316 bits per heavy atom. The van der Waals surface area contributed by atoms with Crippen molar-refractivity contribution >= 4 is 97.1 Å². The normalized spacial score (nSPS) is 11.9. The highest BCUT2D eigenvalue weighted by Gasteiger charge is 2.27. The molecule has 354 valence electrons. The number of para-hydroxylation sites is 4. The molecule has 5 nitrogen and oxygen atoms in total. The van der Waals surface area contributed by atoms with Crippen LogP contribution in [0.2, 0.25) is 0 Å². The van der Waals surface area contributed by atoms with Crippen LogP contribution in [0.3, 0.4) is 0 Å². The zero-order valence-electron chi connectivity index (χ0n) is 41.0. The van der Waals surface area contributed by atoms with Gasteiger partial charge < -0.3 is 13.7 Å². The maximum atomic E-state index is 5.57. The predicted octanol–water partition coefficient (Wildman–Crippen LogP) is 18.8. The Balaban J connectivity index is 1.08. The first-order valence-corrected chi connectivity index (χ1v) is 26.6. The lowest BCUT2D eigenvalue weighted by molar-refractivity contribution is 1.17. The summed E-state index contributed by atoms with van der Waals surface area (Å²) in [6, 6.07) is 94.8. The van der Waals surface area contributed by atoms with E-state index in [0.717, 1.165) is 93.8 Å². The Morgan fingerprint density at radius 3 is 1.46 bits per heavy atom. The van der Waals surface area contributed by atoms with Gasteiger partial charge in [0.15, 0.2) is 5.82 Å². The first kappa shape index (κ1) is 42.6. The second kappa shape index (κ2) is 16.8. The van der Waals surface area contributed by atoms with E-state index in [9.17, 15) is 0 Å². The number of aromatic nitrogens is 5. The van der Waals surface area contributed by atoms with Crippen LogP contribution < -0.4 is 0 Å². The highest BCUT2D eigenvalue weighted by Crippen LogP contribution is 2.49. The molecule has 0 spiro atoms. The molecule has 0 aliphatic rings. The smallest absolute Gasteiger partial charge is 0.160 e. The van der Waals surface area contributed by atoms with Crippen molar-refractivity contribution in [1.29, 1.82) is 0 Å². The van der Waals surface area contributed by atoms with Crippen molar-refractivity contribution in [3.05, 3.63) is 261 Å². The second-order valence-corrected chi connectivity index (χ2v) is 20.7. The molecule has 0 aliphatic heterocycles. The number of thiophene rings is 1. The monoisotopic (exact) mass is 985 g/mol. The average molecular weight is 986 g/mol. The quantitative estimate of drug-likeness (QED) is 0.160. The number of rotatable bonds is 7. The van der Waals surface area contributed by atoms with Crippen LogP contribution in [0.1, 0.15) is 0 Å². The van der Waals surface area contributed by atoms with Crippen molar-refractivity contribution in [2.24, 2.45) is 0 Å². The van der Waals surface area contributed by atoms with Crippen molar-refractivity contribution in [1.82, 2.24) is 23.7 Å². The zero-order valence-corrected chi connectivity index (χ0v) is 41.8. The minimum atomic E-state index is 0.705. The van der Waals surface area contributed by atoms with Crippen molar-refractivity contribution < 1.29 is 0 Å². The third-order valence-electron chi connectivity index (χ3n) is 15.4. The molecule has 0 saturated carbocycles. The van der Waals surface area contributed by atoms with E-state index in [1.807, 2.05) is 6.07 Å². The van der Waals surface area contributed by atoms with Crippen molar-refractivity contribution in [2.45, 2.75) is 0 Å². The van der Waals surface area contributed by atoms with Gasteiger partial charge in [-0.05, 0) is 83.9 Å². The molecule has 5 heterocycles. The Kier molecular flexibility index (Phi) is 9.44. The SMILES string of the molecule is c1ccc(-c2nc(-c3cc(-c4ccccc4)c(-n4c5ccc(-n6c7ccccc7c7ccccc76)cc5c5ccc6c(c7ccccc7n6-c6ccccc6)c54)c(-c4ccccc4)c3)c3sc4ccccc4c3n2)cc1. The summed E-state index contributed by atoms with van der Waals surface area (Å²) in [7, 11) is 0. The molecule has 6 heteroatoms. The zero-order chi connectivity index (χ0) is 49.8. The van der Waals surface area contributed by atoms with Gasteiger partial charge in [0.2, 0.25) is 0 Å². The van der Waals surface area contributed by atoms with E-state index in [1.54, 1.807) is 11.3 Å². The van der Waals surface area contributed by atoms with Gasteiger partial charge in [0, 0.05) is 76.0 Å². The van der Waals surface area contributed by atoms with E-state index >= 15 is 0 Å². The van der Waals surface area contributed by atoms with E-state index < -0.39 is 0 Å². The fourth-order valence-electron chi connectivity index (χ4n) is 12.2. The Bertz CT molecular complexity index is 4860. The predicted molar refractivity (Wildman–Crippen MR) is 320 cm³/mol. The van der Waals surface area contributed by atoms with E-state index in [2.05, 4.69) is 268 Å². The Morgan fingerprint density at radius 2 is 0.816 bits per heavy atom. The van der Waals surface area contributed by atoms with Crippen molar-refractivity contribution in [3.63, 3.8) is 0 Å². The van der Waals surface area contributed by atoms with Crippen LogP contribution in [0.4, 0.5) is 0 Å². The molecular weight excluding hydrogens is 943 g/mol. The average Bonchev–Trinajstić information content (AvgIpc) is 4.25. The molecule has 0 radical (unpaired) electrons. The van der Waals surface area contributed by atoms with E-state index in [4.69, 9.17) is 9.97 Å². The van der Waals surface area contributed by atoms with Gasteiger partial charge in [-0.1, -0.05) is 188 Å². The van der Waals surface area contributed by atoms with Crippen molar-refractivity contribution in [2.75, 3.05) is 0 Å². The molecule has 0 amide bonds. The number of hydrogen-bond donors (Lipinski definition) is 0. The molecule has 0 saturated heterocycles. The van der Waals surface area contributed by atoms with Crippen LogP contribution in [0.5, 0.6) is 0 Å². The number of fused-ring (bicyclic) bond motifs is 13. The first-order valence-electron chi connectivity index (χ1n) is 25.8. The molecule has 0 fully saturated rings. The topological polar surface area (TPSA) is 40.6 Å². The lowest BCUT2D eigenvalue weighted by atomic mass is 9.91. The molecule has 76 heavy (non-hydrogen) atoms. The van der Waals surface area contributed by atoms with Gasteiger partial charge in [-0.25, -0.2) is 9.97 Å². The number of benzene rings is 11. The van der Waals surface area contributed by atoms with Gasteiger partial charge in [-0.3, -0.25) is 0 Å². The number of nitrogens with zero attached hydrogens (tertiary/aromatic N) is 5. The molecule has 0 unspecified atom stereocenters. The van der Waals surface area contributed by atoms with Crippen LogP contribution in [-0.4, -0.2) is 23.7 Å². The molecular formula is C70H43N5S. The Hall–Kier alpha value is -9.88. The second-order valence-electron chi connectivity index (χ2n) is 19.6. The van der Waals surface area contributed by atoms with Crippen LogP contribution >= 0.6 is 11.3 Å². The van der Waals surface area contributed by atoms with E-state index in [1.165, 1.54) is 48.1 Å². The summed E-state index contributed by atoms with van der Waals surface area (Å²) in [6.45, 7) is 0. The third-order valence-corrected chi connectivity index (χ3v) is 16.6. The summed E-state index contributed by atoms with van der Waals surface area (Å²) < 4.78 is 9.73. The largest absolute Gasteiger partial charge is 0.309 e. The summed E-state index contributed by atoms with van der Waals surface area (Å²) in [5, 5.41) is 8.36. The number of hydrogen-bond acceptors (Lipinski definition) is 3. The van der Waals surface area contributed by atoms with Crippen LogP contribution in [-0.2, 0) is 0 Å². The lowest BCUT2D eigenvalue weighted by Gasteiger charge is -2.22. The van der Waals surface area contributed by atoms with Crippen LogP contribution in [0.15, 0.2) is 261 Å². The molecule has 5 aromatic heterocycles. The Labute approximate surface area is 441 Å². The standard InChI is InChI=1S/C70H43N5S/c1-5-21-44(22-6-1)55-41-47(65-69-66(54-32-16-20-36-63(54)76-69)72-70(71-65)46-25-9-3-10-26-46)42-56(45-23-7-2-8-24-45)67(55)75-61-39-37-49(74-58-33-17-13-29-50(58)51-30-14-18-34-59(51)74)43-57(61)52-38-40-62-64(68(52)75)53-31-15-19-35-60(53)73(62)48-27-11-4-12-28-48/h1-43H. The molecule has 16 rings (SSSR count). The molecule has 16 aromatic rings. The lowest BCUT2D eigenvalue weighted by Crippen LogP contribution is -2.03.